The highest BCUT2D eigenvalue weighted by atomic mass is 16.3. The summed E-state index contributed by atoms with van der Waals surface area (Å²) in [5, 5.41) is 11.3. The first kappa shape index (κ1) is 17.4. The lowest BCUT2D eigenvalue weighted by Crippen LogP contribution is -2.50. The second kappa shape index (κ2) is 7.25. The summed E-state index contributed by atoms with van der Waals surface area (Å²) in [6.45, 7) is 3.87. The predicted octanol–water partition coefficient (Wildman–Crippen LogP) is 5.18. The molecule has 1 nitrogen and oxygen atoms in total. The zero-order valence-corrected chi connectivity index (χ0v) is 15.0. The molecule has 0 bridgehead atoms. The molecule has 0 saturated heterocycles. The van der Waals surface area contributed by atoms with E-state index in [9.17, 15) is 5.11 Å². The maximum absolute atomic E-state index is 11.3. The summed E-state index contributed by atoms with van der Waals surface area (Å²) in [4.78, 5) is 0. The quantitative estimate of drug-likeness (QED) is 0.660. The number of aliphatic hydroxyl groups is 1. The van der Waals surface area contributed by atoms with Crippen molar-refractivity contribution in [2.24, 2.45) is 0 Å². The summed E-state index contributed by atoms with van der Waals surface area (Å²) in [6, 6.07) is 31.4. The Bertz CT molecular complexity index is 729. The van der Waals surface area contributed by atoms with Gasteiger partial charge in [-0.2, -0.15) is 0 Å². The number of hydrogen-bond donors (Lipinski definition) is 1. The second-order valence-electron chi connectivity index (χ2n) is 7.33. The fourth-order valence-electron chi connectivity index (χ4n) is 3.70. The van der Waals surface area contributed by atoms with Crippen molar-refractivity contribution in [2.75, 3.05) is 0 Å². The van der Waals surface area contributed by atoms with E-state index < -0.39 is 11.0 Å². The van der Waals surface area contributed by atoms with E-state index in [0.717, 1.165) is 12.8 Å². The van der Waals surface area contributed by atoms with Gasteiger partial charge in [-0.05, 0) is 43.4 Å². The highest BCUT2D eigenvalue weighted by Crippen LogP contribution is 2.41. The Balaban J connectivity index is 2.13. The van der Waals surface area contributed by atoms with Gasteiger partial charge in [-0.15, -0.1) is 0 Å². The Labute approximate surface area is 151 Å². The molecule has 3 aromatic rings. The Morgan fingerprint density at radius 3 is 1.32 bits per heavy atom. The lowest BCUT2D eigenvalue weighted by molar-refractivity contribution is -0.00840. The van der Waals surface area contributed by atoms with Gasteiger partial charge in [-0.3, -0.25) is 0 Å². The van der Waals surface area contributed by atoms with Crippen LogP contribution in [0, 0.1) is 0 Å². The van der Waals surface area contributed by atoms with Crippen molar-refractivity contribution in [3.8, 4) is 0 Å². The van der Waals surface area contributed by atoms with Crippen LogP contribution in [0.2, 0.25) is 0 Å². The van der Waals surface area contributed by atoms with Crippen LogP contribution < -0.4 is 0 Å². The first-order valence-corrected chi connectivity index (χ1v) is 8.87. The molecule has 0 aliphatic carbocycles. The molecule has 128 valence electrons. The van der Waals surface area contributed by atoms with Gasteiger partial charge in [-0.1, -0.05) is 91.0 Å². The minimum absolute atomic E-state index is 0.406. The Morgan fingerprint density at radius 2 is 0.960 bits per heavy atom. The Hall–Kier alpha value is -2.38. The molecule has 3 aromatic carbocycles. The minimum atomic E-state index is -0.875. The molecule has 0 aromatic heterocycles. The maximum Gasteiger partial charge on any atom is 0.0694 e. The van der Waals surface area contributed by atoms with Crippen molar-refractivity contribution in [1.29, 1.82) is 0 Å². The first-order chi connectivity index (χ1) is 12.0. The van der Waals surface area contributed by atoms with Crippen LogP contribution in [0.5, 0.6) is 0 Å². The van der Waals surface area contributed by atoms with Gasteiger partial charge < -0.3 is 5.11 Å². The molecule has 25 heavy (non-hydrogen) atoms. The number of rotatable bonds is 6. The van der Waals surface area contributed by atoms with E-state index in [2.05, 4.69) is 72.8 Å². The molecule has 0 aliphatic heterocycles. The highest BCUT2D eigenvalue weighted by Gasteiger charge is 2.45. The summed E-state index contributed by atoms with van der Waals surface area (Å²) >= 11 is 0. The average molecular weight is 330 g/mol. The molecule has 0 spiro atoms. The third-order valence-corrected chi connectivity index (χ3v) is 5.19. The van der Waals surface area contributed by atoms with Crippen molar-refractivity contribution >= 4 is 0 Å². The minimum Gasteiger partial charge on any atom is -0.390 e. The lowest BCUT2D eigenvalue weighted by Gasteiger charge is -2.45. The van der Waals surface area contributed by atoms with Crippen LogP contribution >= 0.6 is 0 Å². The Kier molecular flexibility index (Phi) is 5.06. The zero-order chi connectivity index (χ0) is 17.8. The number of benzene rings is 3. The van der Waals surface area contributed by atoms with E-state index in [1.807, 2.05) is 32.0 Å². The molecule has 0 radical (unpaired) electrons. The van der Waals surface area contributed by atoms with Gasteiger partial charge in [0.2, 0.25) is 0 Å². The third-order valence-electron chi connectivity index (χ3n) is 5.19. The molecule has 1 N–H and O–H groups in total. The largest absolute Gasteiger partial charge is 0.390 e. The van der Waals surface area contributed by atoms with Crippen LogP contribution in [0.4, 0.5) is 0 Å². The molecule has 1 heteroatoms. The van der Waals surface area contributed by atoms with E-state index in [-0.39, 0.29) is 0 Å². The number of hydrogen-bond acceptors (Lipinski definition) is 1. The fourth-order valence-corrected chi connectivity index (χ4v) is 3.70. The summed E-state index contributed by atoms with van der Waals surface area (Å²) < 4.78 is 0. The average Bonchev–Trinajstić information content (AvgIpc) is 2.63. The van der Waals surface area contributed by atoms with Gasteiger partial charge >= 0.3 is 0 Å². The molecule has 3 rings (SSSR count). The van der Waals surface area contributed by atoms with Gasteiger partial charge in [0.25, 0.3) is 0 Å². The van der Waals surface area contributed by atoms with Crippen LogP contribution in [0.1, 0.15) is 30.5 Å². The monoisotopic (exact) mass is 330 g/mol. The SMILES string of the molecule is CC(C)(O)C(Cc1ccccc1)(Cc1ccccc1)c1ccccc1. The van der Waals surface area contributed by atoms with Crippen molar-refractivity contribution in [2.45, 2.75) is 37.7 Å². The van der Waals surface area contributed by atoms with Gasteiger partial charge in [-0.25, -0.2) is 0 Å². The summed E-state index contributed by atoms with van der Waals surface area (Å²) in [6.07, 6.45) is 1.58. The van der Waals surface area contributed by atoms with Gasteiger partial charge in [0.1, 0.15) is 0 Å². The highest BCUT2D eigenvalue weighted by molar-refractivity contribution is 5.36. The van der Waals surface area contributed by atoms with E-state index >= 15 is 0 Å². The molecular formula is C24H26O. The van der Waals surface area contributed by atoms with Gasteiger partial charge in [0.05, 0.1) is 5.60 Å². The topological polar surface area (TPSA) is 20.2 Å². The van der Waals surface area contributed by atoms with Crippen molar-refractivity contribution in [1.82, 2.24) is 0 Å². The zero-order valence-electron chi connectivity index (χ0n) is 15.0. The first-order valence-electron chi connectivity index (χ1n) is 8.87. The molecule has 0 fully saturated rings. The smallest absolute Gasteiger partial charge is 0.0694 e. The molecule has 0 atom stereocenters. The summed E-state index contributed by atoms with van der Waals surface area (Å²) in [7, 11) is 0. The van der Waals surface area contributed by atoms with E-state index in [4.69, 9.17) is 0 Å². The maximum atomic E-state index is 11.3. The van der Waals surface area contributed by atoms with E-state index in [0.29, 0.717) is 0 Å². The third kappa shape index (κ3) is 3.83. The molecule has 0 heterocycles. The fraction of sp³-hybridized carbons (Fsp3) is 0.250. The molecule has 0 unspecified atom stereocenters. The van der Waals surface area contributed by atoms with Crippen LogP contribution in [-0.4, -0.2) is 10.7 Å². The summed E-state index contributed by atoms with van der Waals surface area (Å²) in [5.41, 5.74) is 2.38. The van der Waals surface area contributed by atoms with E-state index in [1.165, 1.54) is 16.7 Å². The van der Waals surface area contributed by atoms with Gasteiger partial charge in [0.15, 0.2) is 0 Å². The van der Waals surface area contributed by atoms with Crippen LogP contribution in [0.3, 0.4) is 0 Å². The lowest BCUT2D eigenvalue weighted by atomic mass is 9.62. The van der Waals surface area contributed by atoms with Crippen LogP contribution in [0.15, 0.2) is 91.0 Å². The Morgan fingerprint density at radius 1 is 0.600 bits per heavy atom. The van der Waals surface area contributed by atoms with E-state index in [1.54, 1.807) is 0 Å². The normalized spacial score (nSPS) is 12.1. The van der Waals surface area contributed by atoms with Crippen LogP contribution in [0.25, 0.3) is 0 Å². The molecular weight excluding hydrogens is 304 g/mol. The van der Waals surface area contributed by atoms with Crippen LogP contribution in [-0.2, 0) is 18.3 Å². The van der Waals surface area contributed by atoms with Crippen molar-refractivity contribution in [3.05, 3.63) is 108 Å². The molecule has 0 amide bonds. The van der Waals surface area contributed by atoms with Crippen molar-refractivity contribution < 1.29 is 5.11 Å². The molecule has 0 aliphatic rings. The summed E-state index contributed by atoms with van der Waals surface area (Å²) in [5.74, 6) is 0. The standard InChI is InChI=1S/C24H26O/c1-23(2,25)24(22-16-10-5-11-17-22,18-20-12-6-3-7-13-20)19-21-14-8-4-9-15-21/h3-17,25H,18-19H2,1-2H3. The van der Waals surface area contributed by atoms with Crippen molar-refractivity contribution in [3.63, 3.8) is 0 Å². The molecule has 0 saturated carbocycles. The predicted molar refractivity (Wildman–Crippen MR) is 105 cm³/mol. The second-order valence-corrected chi connectivity index (χ2v) is 7.33. The van der Waals surface area contributed by atoms with Gasteiger partial charge in [0, 0.05) is 5.41 Å².